The second-order valence-corrected chi connectivity index (χ2v) is 8.88. The van der Waals surface area contributed by atoms with Gasteiger partial charge in [-0.25, -0.2) is 8.42 Å². The highest BCUT2D eigenvalue weighted by atomic mass is 32.2. The lowest BCUT2D eigenvalue weighted by atomic mass is 10.00. The topological polar surface area (TPSA) is 66.5 Å². The molecular weight excluding hydrogens is 384 g/mol. The van der Waals surface area contributed by atoms with Gasteiger partial charge < -0.3 is 4.90 Å². The van der Waals surface area contributed by atoms with Gasteiger partial charge in [0.15, 0.2) is 0 Å². The number of nitrogens with one attached hydrogen (secondary N) is 1. The van der Waals surface area contributed by atoms with Crippen molar-refractivity contribution in [3.63, 3.8) is 0 Å². The molecule has 0 bridgehead atoms. The van der Waals surface area contributed by atoms with E-state index < -0.39 is 10.0 Å². The van der Waals surface area contributed by atoms with Crippen molar-refractivity contribution >= 4 is 27.3 Å². The Morgan fingerprint density at radius 3 is 2.17 bits per heavy atom. The Labute approximate surface area is 171 Å². The number of nitrogens with zero attached hydrogens (tertiary/aromatic N) is 1. The summed E-state index contributed by atoms with van der Waals surface area (Å²) in [4.78, 5) is 14.3. The Balaban J connectivity index is 1.54. The van der Waals surface area contributed by atoms with E-state index in [2.05, 4.69) is 4.72 Å². The lowest BCUT2D eigenvalue weighted by Crippen LogP contribution is -2.34. The van der Waals surface area contributed by atoms with Crippen LogP contribution in [0.2, 0.25) is 0 Å². The minimum Gasteiger partial charge on any atom is -0.308 e. The van der Waals surface area contributed by atoms with E-state index in [1.165, 1.54) is 0 Å². The van der Waals surface area contributed by atoms with Crippen LogP contribution in [0.15, 0.2) is 78.9 Å². The van der Waals surface area contributed by atoms with Crippen molar-refractivity contribution in [3.05, 3.63) is 95.6 Å². The van der Waals surface area contributed by atoms with Crippen molar-refractivity contribution in [2.45, 2.75) is 25.1 Å². The summed E-state index contributed by atoms with van der Waals surface area (Å²) in [5.41, 5.74) is 4.13. The molecular formula is C23H22N2O3S. The average Bonchev–Trinajstić information content (AvgIpc) is 2.71. The zero-order valence-corrected chi connectivity index (χ0v) is 16.7. The van der Waals surface area contributed by atoms with Gasteiger partial charge in [0.2, 0.25) is 15.9 Å². The van der Waals surface area contributed by atoms with Gasteiger partial charge in [-0.1, -0.05) is 60.7 Å². The van der Waals surface area contributed by atoms with Gasteiger partial charge in [-0.2, -0.15) is 0 Å². The maximum absolute atomic E-state index is 12.5. The molecule has 0 aliphatic carbocycles. The molecule has 6 heteroatoms. The first-order valence-electron chi connectivity index (χ1n) is 9.52. The molecule has 0 saturated heterocycles. The molecule has 3 aromatic carbocycles. The quantitative estimate of drug-likeness (QED) is 0.670. The number of carbonyl (C=O) groups is 1. The van der Waals surface area contributed by atoms with Crippen LogP contribution in [0.25, 0.3) is 0 Å². The molecule has 0 fully saturated rings. The first-order chi connectivity index (χ1) is 14.0. The minimum absolute atomic E-state index is 0.0798. The molecule has 148 valence electrons. The van der Waals surface area contributed by atoms with E-state index >= 15 is 0 Å². The fraction of sp³-hybridized carbons (Fsp3) is 0.174. The Morgan fingerprint density at radius 2 is 1.48 bits per heavy atom. The Morgan fingerprint density at radius 1 is 0.828 bits per heavy atom. The molecule has 0 aromatic heterocycles. The molecule has 0 atom stereocenters. The fourth-order valence-electron chi connectivity index (χ4n) is 3.57. The average molecular weight is 407 g/mol. The number of hydrogen-bond donors (Lipinski definition) is 1. The Bertz CT molecular complexity index is 1110. The van der Waals surface area contributed by atoms with Gasteiger partial charge in [0.25, 0.3) is 0 Å². The Hall–Kier alpha value is -3.12. The molecule has 1 heterocycles. The number of benzene rings is 3. The van der Waals surface area contributed by atoms with Crippen molar-refractivity contribution in [1.29, 1.82) is 0 Å². The van der Waals surface area contributed by atoms with E-state index in [0.717, 1.165) is 22.4 Å². The minimum atomic E-state index is -3.52. The van der Waals surface area contributed by atoms with E-state index in [9.17, 15) is 13.2 Å². The van der Waals surface area contributed by atoms with Crippen LogP contribution in [-0.4, -0.2) is 14.3 Å². The summed E-state index contributed by atoms with van der Waals surface area (Å²) in [6.45, 7) is 0.506. The zero-order valence-electron chi connectivity index (χ0n) is 15.9. The van der Waals surface area contributed by atoms with Crippen LogP contribution in [0.5, 0.6) is 0 Å². The predicted molar refractivity (Wildman–Crippen MR) is 115 cm³/mol. The smallest absolute Gasteiger partial charge is 0.236 e. The van der Waals surface area contributed by atoms with E-state index in [1.807, 2.05) is 60.7 Å². The van der Waals surface area contributed by atoms with Gasteiger partial charge in [-0.15, -0.1) is 0 Å². The van der Waals surface area contributed by atoms with Crippen LogP contribution in [0.4, 0.5) is 11.4 Å². The van der Waals surface area contributed by atoms with Crippen molar-refractivity contribution in [2.24, 2.45) is 0 Å². The summed E-state index contributed by atoms with van der Waals surface area (Å²) in [7, 11) is -3.52. The van der Waals surface area contributed by atoms with Crippen molar-refractivity contribution in [2.75, 3.05) is 9.62 Å². The molecule has 5 nitrogen and oxygen atoms in total. The largest absolute Gasteiger partial charge is 0.308 e. The van der Waals surface area contributed by atoms with Crippen LogP contribution in [0.3, 0.4) is 0 Å². The van der Waals surface area contributed by atoms with Crippen LogP contribution < -0.4 is 9.62 Å². The third kappa shape index (κ3) is 4.66. The first kappa shape index (κ1) is 19.2. The van der Waals surface area contributed by atoms with E-state index in [1.54, 1.807) is 23.1 Å². The molecule has 29 heavy (non-hydrogen) atoms. The van der Waals surface area contributed by atoms with E-state index in [0.29, 0.717) is 25.1 Å². The molecule has 4 rings (SSSR count). The second-order valence-electron chi connectivity index (χ2n) is 7.16. The molecule has 1 amide bonds. The number of rotatable bonds is 6. The van der Waals surface area contributed by atoms with Gasteiger partial charge in [0.1, 0.15) is 0 Å². The highest BCUT2D eigenvalue weighted by Crippen LogP contribution is 2.32. The van der Waals surface area contributed by atoms with Crippen molar-refractivity contribution in [3.8, 4) is 0 Å². The standard InChI is InChI=1S/C23H22N2O3S/c26-23-14-11-20-15-21(24-29(27,28)17-19-9-5-2-6-10-19)12-13-22(20)25(23)16-18-7-3-1-4-8-18/h1-10,12-13,15,24H,11,14,16-17H2. The third-order valence-corrected chi connectivity index (χ3v) is 6.20. The maximum Gasteiger partial charge on any atom is 0.236 e. The molecule has 0 saturated carbocycles. The molecule has 3 aromatic rings. The monoisotopic (exact) mass is 406 g/mol. The van der Waals surface area contributed by atoms with Gasteiger partial charge in [-0.3, -0.25) is 9.52 Å². The SMILES string of the molecule is O=C1CCc2cc(NS(=O)(=O)Cc3ccccc3)ccc2N1Cc1ccccc1. The first-order valence-corrected chi connectivity index (χ1v) is 11.2. The van der Waals surface area contributed by atoms with E-state index in [-0.39, 0.29) is 11.7 Å². The van der Waals surface area contributed by atoms with Gasteiger partial charge >= 0.3 is 0 Å². The summed E-state index contributed by atoms with van der Waals surface area (Å²) >= 11 is 0. The van der Waals surface area contributed by atoms with Gasteiger partial charge in [0.05, 0.1) is 12.3 Å². The molecule has 0 radical (unpaired) electrons. The van der Waals surface area contributed by atoms with Gasteiger partial charge in [-0.05, 0) is 41.3 Å². The van der Waals surface area contributed by atoms with Crippen LogP contribution in [0, 0.1) is 0 Å². The number of amides is 1. The zero-order chi connectivity index (χ0) is 20.3. The summed E-state index contributed by atoms with van der Waals surface area (Å²) < 4.78 is 27.7. The number of hydrogen-bond acceptors (Lipinski definition) is 3. The summed E-state index contributed by atoms with van der Waals surface area (Å²) in [5, 5.41) is 0. The summed E-state index contributed by atoms with van der Waals surface area (Å²) in [5.74, 6) is 0.00237. The third-order valence-electron chi connectivity index (χ3n) is 4.94. The highest BCUT2D eigenvalue weighted by molar-refractivity contribution is 7.91. The maximum atomic E-state index is 12.5. The molecule has 1 N–H and O–H groups in total. The summed E-state index contributed by atoms with van der Waals surface area (Å²) in [6.07, 6.45) is 1.02. The highest BCUT2D eigenvalue weighted by Gasteiger charge is 2.25. The van der Waals surface area contributed by atoms with Crippen molar-refractivity contribution < 1.29 is 13.2 Å². The lowest BCUT2D eigenvalue weighted by molar-refractivity contribution is -0.119. The van der Waals surface area contributed by atoms with Crippen LogP contribution in [0.1, 0.15) is 23.1 Å². The predicted octanol–water partition coefficient (Wildman–Crippen LogP) is 4.11. The normalized spacial score (nSPS) is 13.8. The molecule has 1 aliphatic heterocycles. The Kier molecular flexibility index (Phi) is 5.36. The molecule has 0 spiro atoms. The van der Waals surface area contributed by atoms with Crippen LogP contribution >= 0.6 is 0 Å². The van der Waals surface area contributed by atoms with Crippen LogP contribution in [-0.2, 0) is 33.5 Å². The number of anilines is 2. The molecule has 1 aliphatic rings. The fourth-order valence-corrected chi connectivity index (χ4v) is 4.76. The molecule has 0 unspecified atom stereocenters. The number of fused-ring (bicyclic) bond motifs is 1. The van der Waals surface area contributed by atoms with Gasteiger partial charge in [0, 0.05) is 17.8 Å². The second kappa shape index (κ2) is 8.09. The van der Waals surface area contributed by atoms with Crippen molar-refractivity contribution in [1.82, 2.24) is 0 Å². The number of carbonyl (C=O) groups excluding carboxylic acids is 1. The number of sulfonamides is 1. The number of aryl methyl sites for hydroxylation is 1. The van der Waals surface area contributed by atoms with E-state index in [4.69, 9.17) is 0 Å². The summed E-state index contributed by atoms with van der Waals surface area (Å²) in [6, 6.07) is 24.3. The lowest BCUT2D eigenvalue weighted by Gasteiger charge is -2.30.